The van der Waals surface area contributed by atoms with E-state index in [0.29, 0.717) is 17.1 Å². The highest BCUT2D eigenvalue weighted by molar-refractivity contribution is 7.92. The van der Waals surface area contributed by atoms with Crippen molar-refractivity contribution in [3.8, 4) is 5.75 Å². The molecule has 0 saturated heterocycles. The van der Waals surface area contributed by atoms with E-state index in [4.69, 9.17) is 4.74 Å². The number of rotatable bonds is 6. The summed E-state index contributed by atoms with van der Waals surface area (Å²) < 4.78 is 33.2. The van der Waals surface area contributed by atoms with Gasteiger partial charge >= 0.3 is 0 Å². The number of hydrogen-bond donors (Lipinski definition) is 2. The molecule has 1 amide bonds. The summed E-state index contributed by atoms with van der Waals surface area (Å²) in [5.74, 6) is 0.399. The molecule has 0 aromatic heterocycles. The Balaban J connectivity index is 1.76. The van der Waals surface area contributed by atoms with Crippen molar-refractivity contribution in [2.45, 2.75) is 37.0 Å². The van der Waals surface area contributed by atoms with Crippen LogP contribution in [0.15, 0.2) is 53.4 Å². The number of methoxy groups -OCH3 is 1. The van der Waals surface area contributed by atoms with Crippen LogP contribution >= 0.6 is 0 Å². The number of para-hydroxylation sites is 2. The van der Waals surface area contributed by atoms with Crippen LogP contribution in [0.4, 0.5) is 11.4 Å². The van der Waals surface area contributed by atoms with Crippen LogP contribution in [-0.4, -0.2) is 21.4 Å². The summed E-state index contributed by atoms with van der Waals surface area (Å²) in [5.41, 5.74) is 0.838. The molecule has 7 heteroatoms. The van der Waals surface area contributed by atoms with Crippen LogP contribution in [0, 0.1) is 5.92 Å². The highest BCUT2D eigenvalue weighted by atomic mass is 32.2. The zero-order chi connectivity index (χ0) is 19.3. The summed E-state index contributed by atoms with van der Waals surface area (Å²) in [6.45, 7) is 0. The van der Waals surface area contributed by atoms with Crippen molar-refractivity contribution in [3.05, 3.63) is 48.5 Å². The second-order valence-electron chi connectivity index (χ2n) is 6.66. The van der Waals surface area contributed by atoms with Gasteiger partial charge in [-0.3, -0.25) is 9.52 Å². The van der Waals surface area contributed by atoms with Crippen molar-refractivity contribution in [2.75, 3.05) is 17.1 Å². The van der Waals surface area contributed by atoms with Crippen LogP contribution in [-0.2, 0) is 14.8 Å². The van der Waals surface area contributed by atoms with Crippen LogP contribution < -0.4 is 14.8 Å². The molecule has 0 radical (unpaired) electrons. The van der Waals surface area contributed by atoms with E-state index in [1.54, 1.807) is 36.4 Å². The highest BCUT2D eigenvalue weighted by Gasteiger charge is 2.22. The molecule has 0 bridgehead atoms. The lowest BCUT2D eigenvalue weighted by molar-refractivity contribution is -0.120. The fourth-order valence-corrected chi connectivity index (χ4v) is 4.40. The van der Waals surface area contributed by atoms with Gasteiger partial charge in [0, 0.05) is 11.6 Å². The summed E-state index contributed by atoms with van der Waals surface area (Å²) >= 11 is 0. The fourth-order valence-electron chi connectivity index (χ4n) is 3.28. The van der Waals surface area contributed by atoms with Crippen LogP contribution in [0.3, 0.4) is 0 Å². The summed E-state index contributed by atoms with van der Waals surface area (Å²) in [4.78, 5) is 12.5. The normalized spacial score (nSPS) is 15.1. The van der Waals surface area contributed by atoms with Gasteiger partial charge in [-0.15, -0.1) is 0 Å². The van der Waals surface area contributed by atoms with E-state index in [0.717, 1.165) is 25.7 Å². The van der Waals surface area contributed by atoms with Gasteiger partial charge in [-0.2, -0.15) is 0 Å². The van der Waals surface area contributed by atoms with Crippen LogP contribution in [0.1, 0.15) is 32.1 Å². The molecule has 6 nitrogen and oxygen atoms in total. The van der Waals surface area contributed by atoms with Crippen molar-refractivity contribution in [2.24, 2.45) is 5.92 Å². The third-order valence-electron chi connectivity index (χ3n) is 4.74. The molecule has 0 unspecified atom stereocenters. The predicted molar refractivity (Wildman–Crippen MR) is 105 cm³/mol. The van der Waals surface area contributed by atoms with Crippen molar-refractivity contribution < 1.29 is 17.9 Å². The molecular weight excluding hydrogens is 364 g/mol. The molecule has 27 heavy (non-hydrogen) atoms. The predicted octanol–water partition coefficient (Wildman–Crippen LogP) is 4.01. The first-order valence-electron chi connectivity index (χ1n) is 9.06. The molecule has 1 aliphatic rings. The molecule has 1 aliphatic carbocycles. The lowest BCUT2D eigenvalue weighted by atomic mass is 9.88. The Kier molecular flexibility index (Phi) is 6.01. The lowest BCUT2D eigenvalue weighted by Gasteiger charge is -2.21. The molecule has 2 N–H and O–H groups in total. The Morgan fingerprint density at radius 1 is 1.04 bits per heavy atom. The molecule has 0 heterocycles. The highest BCUT2D eigenvalue weighted by Crippen LogP contribution is 2.28. The molecule has 2 aromatic carbocycles. The number of nitrogens with one attached hydrogen (secondary N) is 2. The topological polar surface area (TPSA) is 84.5 Å². The average molecular weight is 388 g/mol. The standard InChI is InChI=1S/C20H24N2O4S/c1-26-19-13-6-5-12-18(19)22-27(24,25)17-11-7-10-16(14-17)21-20(23)15-8-3-2-4-9-15/h5-7,10-15,22H,2-4,8-9H2,1H3,(H,21,23). The molecule has 144 valence electrons. The van der Waals surface area contributed by atoms with Crippen molar-refractivity contribution in [1.29, 1.82) is 0 Å². The van der Waals surface area contributed by atoms with E-state index in [-0.39, 0.29) is 16.7 Å². The number of hydrogen-bond acceptors (Lipinski definition) is 4. The number of ether oxygens (including phenoxy) is 1. The van der Waals surface area contributed by atoms with Gasteiger partial charge in [0.15, 0.2) is 0 Å². The number of carbonyl (C=O) groups is 1. The molecule has 3 rings (SSSR count). The van der Waals surface area contributed by atoms with Gasteiger partial charge in [0.05, 0.1) is 17.7 Å². The first-order valence-corrected chi connectivity index (χ1v) is 10.5. The minimum absolute atomic E-state index is 0.00529. The van der Waals surface area contributed by atoms with E-state index < -0.39 is 10.0 Å². The Morgan fingerprint density at radius 2 is 1.78 bits per heavy atom. The van der Waals surface area contributed by atoms with Gasteiger partial charge in [-0.25, -0.2) is 8.42 Å². The molecule has 0 spiro atoms. The van der Waals surface area contributed by atoms with Crippen molar-refractivity contribution in [1.82, 2.24) is 0 Å². The second-order valence-corrected chi connectivity index (χ2v) is 8.34. The molecule has 0 atom stereocenters. The monoisotopic (exact) mass is 388 g/mol. The van der Waals surface area contributed by atoms with Crippen LogP contribution in [0.2, 0.25) is 0 Å². The van der Waals surface area contributed by atoms with Gasteiger partial charge in [0.1, 0.15) is 5.75 Å². The number of benzene rings is 2. The van der Waals surface area contributed by atoms with E-state index in [1.165, 1.54) is 25.7 Å². The quantitative estimate of drug-likeness (QED) is 0.783. The minimum Gasteiger partial charge on any atom is -0.495 e. The minimum atomic E-state index is -3.81. The first-order chi connectivity index (χ1) is 13.0. The maximum Gasteiger partial charge on any atom is 0.262 e. The number of amides is 1. The number of anilines is 2. The Morgan fingerprint density at radius 3 is 2.52 bits per heavy atom. The maximum atomic E-state index is 12.7. The fraction of sp³-hybridized carbons (Fsp3) is 0.350. The third kappa shape index (κ3) is 4.80. The maximum absolute atomic E-state index is 12.7. The smallest absolute Gasteiger partial charge is 0.262 e. The Hall–Kier alpha value is -2.54. The number of carbonyl (C=O) groups excluding carboxylic acids is 1. The zero-order valence-corrected chi connectivity index (χ0v) is 16.1. The molecule has 2 aromatic rings. The van der Waals surface area contributed by atoms with E-state index >= 15 is 0 Å². The molecule has 1 fully saturated rings. The van der Waals surface area contributed by atoms with Gasteiger partial charge in [-0.1, -0.05) is 37.5 Å². The first kappa shape index (κ1) is 19.2. The van der Waals surface area contributed by atoms with E-state index in [2.05, 4.69) is 10.0 Å². The van der Waals surface area contributed by atoms with Crippen LogP contribution in [0.25, 0.3) is 0 Å². The van der Waals surface area contributed by atoms with Gasteiger partial charge in [0.25, 0.3) is 10.0 Å². The Labute approximate surface area is 160 Å². The zero-order valence-electron chi connectivity index (χ0n) is 15.3. The largest absolute Gasteiger partial charge is 0.495 e. The van der Waals surface area contributed by atoms with Crippen molar-refractivity contribution in [3.63, 3.8) is 0 Å². The van der Waals surface area contributed by atoms with E-state index in [1.807, 2.05) is 0 Å². The SMILES string of the molecule is COc1ccccc1NS(=O)(=O)c1cccc(NC(=O)C2CCCCC2)c1. The number of sulfonamides is 1. The van der Waals surface area contributed by atoms with E-state index in [9.17, 15) is 13.2 Å². The van der Waals surface area contributed by atoms with Gasteiger partial charge in [-0.05, 0) is 43.2 Å². The van der Waals surface area contributed by atoms with Gasteiger partial charge < -0.3 is 10.1 Å². The third-order valence-corrected chi connectivity index (χ3v) is 6.10. The summed E-state index contributed by atoms with van der Waals surface area (Å²) in [5, 5.41) is 2.85. The molecule has 0 aliphatic heterocycles. The molecular formula is C20H24N2O4S. The summed E-state index contributed by atoms with van der Waals surface area (Å²) in [7, 11) is -2.33. The lowest BCUT2D eigenvalue weighted by Crippen LogP contribution is -2.24. The second kappa shape index (κ2) is 8.43. The van der Waals surface area contributed by atoms with Crippen LogP contribution in [0.5, 0.6) is 5.75 Å². The van der Waals surface area contributed by atoms with Crippen molar-refractivity contribution >= 4 is 27.3 Å². The van der Waals surface area contributed by atoms with Gasteiger partial charge in [0.2, 0.25) is 5.91 Å². The molecule has 1 saturated carbocycles. The average Bonchev–Trinajstić information content (AvgIpc) is 2.69. The summed E-state index contributed by atoms with van der Waals surface area (Å²) in [6.07, 6.45) is 5.08. The Bertz CT molecular complexity index is 906. The summed E-state index contributed by atoms with van der Waals surface area (Å²) in [6, 6.07) is 13.1.